The first-order valence-corrected chi connectivity index (χ1v) is 9.07. The second-order valence-electron chi connectivity index (χ2n) is 7.46. The van der Waals surface area contributed by atoms with Gasteiger partial charge in [-0.3, -0.25) is 4.79 Å². The van der Waals surface area contributed by atoms with Crippen LogP contribution in [0, 0.1) is 5.92 Å². The van der Waals surface area contributed by atoms with Crippen molar-refractivity contribution >= 4 is 5.91 Å². The van der Waals surface area contributed by atoms with Crippen LogP contribution in [0.2, 0.25) is 0 Å². The van der Waals surface area contributed by atoms with Gasteiger partial charge in [-0.15, -0.1) is 0 Å². The Morgan fingerprint density at radius 2 is 1.96 bits per heavy atom. The molecule has 3 rings (SSSR count). The lowest BCUT2D eigenvalue weighted by Crippen LogP contribution is -2.43. The van der Waals surface area contributed by atoms with Crippen LogP contribution in [0.1, 0.15) is 48.8 Å². The molecule has 0 spiro atoms. The van der Waals surface area contributed by atoms with Crippen molar-refractivity contribution in [2.24, 2.45) is 5.92 Å². The lowest BCUT2D eigenvalue weighted by Gasteiger charge is -2.28. The van der Waals surface area contributed by atoms with Gasteiger partial charge in [0.1, 0.15) is 5.69 Å². The molecule has 1 heterocycles. The van der Waals surface area contributed by atoms with Crippen LogP contribution in [-0.4, -0.2) is 47.3 Å². The highest BCUT2D eigenvalue weighted by Gasteiger charge is 2.29. The van der Waals surface area contributed by atoms with Crippen LogP contribution in [-0.2, 0) is 0 Å². The van der Waals surface area contributed by atoms with Crippen molar-refractivity contribution in [3.8, 4) is 5.69 Å². The SMILES string of the molecule is CC(C)[C@@H](CNC(=O)c1cc(C2CC2)nn1-c1ccccc1)N(C)C. The first-order chi connectivity index (χ1) is 12.0. The Labute approximate surface area is 150 Å². The zero-order valence-corrected chi connectivity index (χ0v) is 15.6. The second kappa shape index (κ2) is 7.40. The summed E-state index contributed by atoms with van der Waals surface area (Å²) in [5, 5.41) is 7.81. The number of carbonyl (C=O) groups is 1. The molecular formula is C20H28N4O. The smallest absolute Gasteiger partial charge is 0.270 e. The van der Waals surface area contributed by atoms with Crippen LogP contribution in [0.4, 0.5) is 0 Å². The number of rotatable bonds is 7. The molecule has 5 nitrogen and oxygen atoms in total. The number of hydrogen-bond acceptors (Lipinski definition) is 3. The topological polar surface area (TPSA) is 50.2 Å². The van der Waals surface area contributed by atoms with E-state index in [-0.39, 0.29) is 5.91 Å². The Kier molecular flexibility index (Phi) is 5.23. The minimum absolute atomic E-state index is 0.0595. The normalized spacial score (nSPS) is 15.6. The van der Waals surface area contributed by atoms with Crippen molar-refractivity contribution in [2.45, 2.75) is 38.6 Å². The molecule has 2 aromatic rings. The summed E-state index contributed by atoms with van der Waals surface area (Å²) < 4.78 is 1.78. The molecule has 1 atom stereocenters. The molecule has 0 radical (unpaired) electrons. The summed E-state index contributed by atoms with van der Waals surface area (Å²) in [4.78, 5) is 15.0. The Bertz CT molecular complexity index is 709. The van der Waals surface area contributed by atoms with Crippen LogP contribution in [0.3, 0.4) is 0 Å². The Balaban J connectivity index is 1.82. The summed E-state index contributed by atoms with van der Waals surface area (Å²) in [5.74, 6) is 0.925. The summed E-state index contributed by atoms with van der Waals surface area (Å²) in [6.07, 6.45) is 2.34. The molecule has 1 saturated carbocycles. The number of para-hydroxylation sites is 1. The number of nitrogens with zero attached hydrogens (tertiary/aromatic N) is 3. The molecule has 0 aliphatic heterocycles. The number of likely N-dealkylation sites (N-methyl/N-ethyl adjacent to an activating group) is 1. The number of aromatic nitrogens is 2. The summed E-state index contributed by atoms with van der Waals surface area (Å²) >= 11 is 0. The zero-order valence-electron chi connectivity index (χ0n) is 15.6. The standard InChI is InChI=1S/C20H28N4O/c1-14(2)19(23(3)4)13-21-20(25)18-12-17(15-10-11-15)22-24(18)16-8-6-5-7-9-16/h5-9,12,14-15,19H,10-11,13H2,1-4H3,(H,21,25)/t19-/m1/s1. The van der Waals surface area contributed by atoms with Gasteiger partial charge in [-0.2, -0.15) is 5.10 Å². The number of amides is 1. The molecule has 0 bridgehead atoms. The fourth-order valence-electron chi connectivity index (χ4n) is 3.21. The van der Waals surface area contributed by atoms with Gasteiger partial charge in [0.25, 0.3) is 5.91 Å². The van der Waals surface area contributed by atoms with Crippen molar-refractivity contribution in [2.75, 3.05) is 20.6 Å². The molecule has 1 aliphatic carbocycles. The zero-order chi connectivity index (χ0) is 18.0. The summed E-state index contributed by atoms with van der Waals surface area (Å²) in [6, 6.07) is 12.1. The van der Waals surface area contributed by atoms with Gasteiger partial charge >= 0.3 is 0 Å². The number of hydrogen-bond donors (Lipinski definition) is 1. The lowest BCUT2D eigenvalue weighted by atomic mass is 10.0. The molecule has 0 saturated heterocycles. The predicted octanol–water partition coefficient (Wildman–Crippen LogP) is 3.07. The van der Waals surface area contributed by atoms with Gasteiger partial charge in [0.05, 0.1) is 11.4 Å². The monoisotopic (exact) mass is 340 g/mol. The molecule has 134 valence electrons. The van der Waals surface area contributed by atoms with E-state index >= 15 is 0 Å². The Hall–Kier alpha value is -2.14. The van der Waals surface area contributed by atoms with Crippen molar-refractivity contribution in [3.05, 3.63) is 47.8 Å². The number of benzene rings is 1. The highest BCUT2D eigenvalue weighted by atomic mass is 16.2. The van der Waals surface area contributed by atoms with E-state index in [2.05, 4.69) is 38.2 Å². The van der Waals surface area contributed by atoms with E-state index in [1.165, 1.54) is 12.8 Å². The van der Waals surface area contributed by atoms with E-state index in [1.54, 1.807) is 4.68 Å². The van der Waals surface area contributed by atoms with Gasteiger partial charge in [-0.1, -0.05) is 32.0 Å². The quantitative estimate of drug-likeness (QED) is 0.843. The van der Waals surface area contributed by atoms with Gasteiger partial charge in [-0.05, 0) is 51.1 Å². The van der Waals surface area contributed by atoms with Crippen LogP contribution in [0.25, 0.3) is 5.69 Å². The highest BCUT2D eigenvalue weighted by Crippen LogP contribution is 2.39. The molecule has 1 N–H and O–H groups in total. The molecule has 1 aromatic carbocycles. The molecule has 25 heavy (non-hydrogen) atoms. The summed E-state index contributed by atoms with van der Waals surface area (Å²) in [7, 11) is 4.10. The van der Waals surface area contributed by atoms with E-state index in [0.29, 0.717) is 30.1 Å². The number of carbonyl (C=O) groups excluding carboxylic acids is 1. The summed E-state index contributed by atoms with van der Waals surface area (Å²) in [5.41, 5.74) is 2.57. The maximum Gasteiger partial charge on any atom is 0.270 e. The molecule has 5 heteroatoms. The third-order valence-corrected chi connectivity index (χ3v) is 4.86. The third-order valence-electron chi connectivity index (χ3n) is 4.86. The minimum atomic E-state index is -0.0595. The lowest BCUT2D eigenvalue weighted by molar-refractivity contribution is 0.0927. The second-order valence-corrected chi connectivity index (χ2v) is 7.46. The first-order valence-electron chi connectivity index (χ1n) is 9.07. The van der Waals surface area contributed by atoms with Crippen LogP contribution >= 0.6 is 0 Å². The average Bonchev–Trinajstić information content (AvgIpc) is 3.33. The van der Waals surface area contributed by atoms with Crippen molar-refractivity contribution in [1.29, 1.82) is 0 Å². The maximum absolute atomic E-state index is 12.9. The van der Waals surface area contributed by atoms with Gasteiger partial charge in [0.2, 0.25) is 0 Å². The van der Waals surface area contributed by atoms with E-state index in [1.807, 2.05) is 36.4 Å². The molecule has 1 fully saturated rings. The van der Waals surface area contributed by atoms with E-state index in [4.69, 9.17) is 5.10 Å². The van der Waals surface area contributed by atoms with E-state index in [0.717, 1.165) is 11.4 Å². The van der Waals surface area contributed by atoms with Crippen molar-refractivity contribution in [3.63, 3.8) is 0 Å². The largest absolute Gasteiger partial charge is 0.349 e. The van der Waals surface area contributed by atoms with Crippen LogP contribution < -0.4 is 5.32 Å². The highest BCUT2D eigenvalue weighted by molar-refractivity contribution is 5.93. The van der Waals surface area contributed by atoms with E-state index < -0.39 is 0 Å². The van der Waals surface area contributed by atoms with E-state index in [9.17, 15) is 4.79 Å². The molecular weight excluding hydrogens is 312 g/mol. The van der Waals surface area contributed by atoms with Crippen molar-refractivity contribution in [1.82, 2.24) is 20.0 Å². The summed E-state index contributed by atoms with van der Waals surface area (Å²) in [6.45, 7) is 4.98. The fourth-order valence-corrected chi connectivity index (χ4v) is 3.21. The fraction of sp³-hybridized carbons (Fsp3) is 0.500. The molecule has 1 aromatic heterocycles. The maximum atomic E-state index is 12.9. The van der Waals surface area contributed by atoms with Gasteiger partial charge in [0, 0.05) is 18.5 Å². The Morgan fingerprint density at radius 1 is 1.28 bits per heavy atom. The minimum Gasteiger partial charge on any atom is -0.349 e. The van der Waals surface area contributed by atoms with Gasteiger partial charge in [0.15, 0.2) is 0 Å². The number of nitrogens with one attached hydrogen (secondary N) is 1. The first kappa shape index (κ1) is 17.7. The third kappa shape index (κ3) is 4.10. The average molecular weight is 340 g/mol. The molecule has 1 aliphatic rings. The molecule has 1 amide bonds. The Morgan fingerprint density at radius 3 is 2.52 bits per heavy atom. The predicted molar refractivity (Wildman–Crippen MR) is 100 cm³/mol. The van der Waals surface area contributed by atoms with Crippen LogP contribution in [0.15, 0.2) is 36.4 Å². The van der Waals surface area contributed by atoms with Crippen molar-refractivity contribution < 1.29 is 4.79 Å². The molecule has 0 unspecified atom stereocenters. The van der Waals surface area contributed by atoms with Gasteiger partial charge in [-0.25, -0.2) is 4.68 Å². The van der Waals surface area contributed by atoms with Crippen LogP contribution in [0.5, 0.6) is 0 Å². The van der Waals surface area contributed by atoms with Gasteiger partial charge < -0.3 is 10.2 Å².